The lowest BCUT2D eigenvalue weighted by Gasteiger charge is -2.37. The van der Waals surface area contributed by atoms with E-state index in [-0.39, 0.29) is 0 Å². The quantitative estimate of drug-likeness (QED) is 0.644. The fourth-order valence-electron chi connectivity index (χ4n) is 2.75. The fourth-order valence-corrected chi connectivity index (χ4v) is 2.75. The SMILES string of the molecule is COCCNCC1(CCCC(C)C)CCCOC1. The van der Waals surface area contributed by atoms with Crippen molar-refractivity contribution in [3.8, 4) is 0 Å². The van der Waals surface area contributed by atoms with Crippen LogP contribution in [0.3, 0.4) is 0 Å². The van der Waals surface area contributed by atoms with Crippen LogP contribution in [0.1, 0.15) is 46.0 Å². The van der Waals surface area contributed by atoms with Crippen LogP contribution in [0.25, 0.3) is 0 Å². The van der Waals surface area contributed by atoms with Crippen LogP contribution in [0.4, 0.5) is 0 Å². The van der Waals surface area contributed by atoms with Gasteiger partial charge >= 0.3 is 0 Å². The number of hydrogen-bond donors (Lipinski definition) is 1. The summed E-state index contributed by atoms with van der Waals surface area (Å²) in [6, 6.07) is 0. The Kier molecular flexibility index (Phi) is 7.87. The minimum absolute atomic E-state index is 0.376. The molecule has 1 rings (SSSR count). The van der Waals surface area contributed by atoms with Gasteiger partial charge in [-0.05, 0) is 25.2 Å². The van der Waals surface area contributed by atoms with E-state index in [9.17, 15) is 0 Å². The molecule has 0 aromatic rings. The third kappa shape index (κ3) is 6.17. The third-order valence-electron chi connectivity index (χ3n) is 3.88. The van der Waals surface area contributed by atoms with E-state index in [0.717, 1.165) is 38.8 Å². The van der Waals surface area contributed by atoms with Gasteiger partial charge in [0.1, 0.15) is 0 Å². The molecular formula is C15H31NO2. The summed E-state index contributed by atoms with van der Waals surface area (Å²) in [7, 11) is 1.75. The Morgan fingerprint density at radius 3 is 2.83 bits per heavy atom. The van der Waals surface area contributed by atoms with Gasteiger partial charge in [0.05, 0.1) is 13.2 Å². The number of hydrogen-bond acceptors (Lipinski definition) is 3. The van der Waals surface area contributed by atoms with Crippen molar-refractivity contribution >= 4 is 0 Å². The average molecular weight is 257 g/mol. The van der Waals surface area contributed by atoms with Gasteiger partial charge in [-0.1, -0.05) is 26.7 Å². The fraction of sp³-hybridized carbons (Fsp3) is 1.00. The molecule has 1 fully saturated rings. The van der Waals surface area contributed by atoms with Gasteiger partial charge in [-0.15, -0.1) is 0 Å². The van der Waals surface area contributed by atoms with Gasteiger partial charge in [-0.25, -0.2) is 0 Å². The molecule has 0 saturated carbocycles. The van der Waals surface area contributed by atoms with Crippen LogP contribution >= 0.6 is 0 Å². The molecule has 3 heteroatoms. The van der Waals surface area contributed by atoms with Crippen LogP contribution in [0.5, 0.6) is 0 Å². The summed E-state index contributed by atoms with van der Waals surface area (Å²) in [5, 5.41) is 3.53. The Hall–Kier alpha value is -0.120. The van der Waals surface area contributed by atoms with Crippen LogP contribution in [0.15, 0.2) is 0 Å². The molecule has 0 amide bonds. The second-order valence-corrected chi connectivity index (χ2v) is 6.11. The number of methoxy groups -OCH3 is 1. The zero-order valence-electron chi connectivity index (χ0n) is 12.5. The monoisotopic (exact) mass is 257 g/mol. The first-order valence-corrected chi connectivity index (χ1v) is 7.46. The zero-order valence-corrected chi connectivity index (χ0v) is 12.5. The molecule has 0 aliphatic carbocycles. The van der Waals surface area contributed by atoms with Gasteiger partial charge in [-0.2, -0.15) is 0 Å². The van der Waals surface area contributed by atoms with Crippen LogP contribution in [0, 0.1) is 11.3 Å². The predicted octanol–water partition coefficient (Wildman–Crippen LogP) is 2.85. The molecule has 0 radical (unpaired) electrons. The van der Waals surface area contributed by atoms with Crippen molar-refractivity contribution in [3.63, 3.8) is 0 Å². The van der Waals surface area contributed by atoms with Crippen molar-refractivity contribution in [1.29, 1.82) is 0 Å². The molecule has 18 heavy (non-hydrogen) atoms. The van der Waals surface area contributed by atoms with Crippen molar-refractivity contribution in [2.24, 2.45) is 11.3 Å². The van der Waals surface area contributed by atoms with Gasteiger partial charge in [-0.3, -0.25) is 0 Å². The first kappa shape index (κ1) is 15.9. The van der Waals surface area contributed by atoms with E-state index in [1.165, 1.54) is 32.1 Å². The summed E-state index contributed by atoms with van der Waals surface area (Å²) < 4.78 is 10.8. The lowest BCUT2D eigenvalue weighted by atomic mass is 9.77. The molecule has 1 heterocycles. The van der Waals surface area contributed by atoms with E-state index < -0.39 is 0 Å². The maximum absolute atomic E-state index is 5.73. The van der Waals surface area contributed by atoms with Crippen LogP contribution in [0.2, 0.25) is 0 Å². The lowest BCUT2D eigenvalue weighted by Crippen LogP contribution is -2.42. The molecule has 1 aliphatic heterocycles. The number of nitrogens with one attached hydrogen (secondary N) is 1. The van der Waals surface area contributed by atoms with Gasteiger partial charge < -0.3 is 14.8 Å². The molecule has 108 valence electrons. The highest BCUT2D eigenvalue weighted by molar-refractivity contribution is 4.84. The molecule has 1 saturated heterocycles. The van der Waals surface area contributed by atoms with Crippen LogP contribution < -0.4 is 5.32 Å². The third-order valence-corrected chi connectivity index (χ3v) is 3.88. The highest BCUT2D eigenvalue weighted by atomic mass is 16.5. The number of rotatable bonds is 9. The van der Waals surface area contributed by atoms with Crippen molar-refractivity contribution in [1.82, 2.24) is 5.32 Å². The van der Waals surface area contributed by atoms with E-state index in [0.29, 0.717) is 5.41 Å². The standard InChI is InChI=1S/C15H31NO2/c1-14(2)6-4-7-15(8-5-10-18-13-15)12-16-9-11-17-3/h14,16H,4-13H2,1-3H3. The average Bonchev–Trinajstić information content (AvgIpc) is 2.36. The van der Waals surface area contributed by atoms with Crippen molar-refractivity contribution in [2.75, 3.05) is 40.0 Å². The first-order chi connectivity index (χ1) is 8.68. The smallest absolute Gasteiger partial charge is 0.0587 e. The van der Waals surface area contributed by atoms with E-state index in [4.69, 9.17) is 9.47 Å². The van der Waals surface area contributed by atoms with Gasteiger partial charge in [0, 0.05) is 32.2 Å². The summed E-state index contributed by atoms with van der Waals surface area (Å²) >= 11 is 0. The summed E-state index contributed by atoms with van der Waals surface area (Å²) in [4.78, 5) is 0. The summed E-state index contributed by atoms with van der Waals surface area (Å²) in [5.41, 5.74) is 0.376. The summed E-state index contributed by atoms with van der Waals surface area (Å²) in [6.07, 6.45) is 6.48. The van der Waals surface area contributed by atoms with Gasteiger partial charge in [0.25, 0.3) is 0 Å². The minimum Gasteiger partial charge on any atom is -0.383 e. The van der Waals surface area contributed by atoms with Crippen molar-refractivity contribution in [2.45, 2.75) is 46.0 Å². The van der Waals surface area contributed by atoms with E-state index in [2.05, 4.69) is 19.2 Å². The highest BCUT2D eigenvalue weighted by Gasteiger charge is 2.31. The molecule has 0 bridgehead atoms. The van der Waals surface area contributed by atoms with Crippen molar-refractivity contribution in [3.05, 3.63) is 0 Å². The molecule has 1 N–H and O–H groups in total. The van der Waals surface area contributed by atoms with E-state index in [1.54, 1.807) is 7.11 Å². The highest BCUT2D eigenvalue weighted by Crippen LogP contribution is 2.33. The second kappa shape index (κ2) is 8.89. The largest absolute Gasteiger partial charge is 0.383 e. The normalized spacial score (nSPS) is 24.7. The molecule has 0 spiro atoms. The predicted molar refractivity (Wildman–Crippen MR) is 75.9 cm³/mol. The maximum Gasteiger partial charge on any atom is 0.0587 e. The van der Waals surface area contributed by atoms with Crippen molar-refractivity contribution < 1.29 is 9.47 Å². The lowest BCUT2D eigenvalue weighted by molar-refractivity contribution is -0.0141. The molecule has 0 aromatic carbocycles. The minimum atomic E-state index is 0.376. The topological polar surface area (TPSA) is 30.5 Å². The Morgan fingerprint density at radius 2 is 2.22 bits per heavy atom. The molecule has 0 aromatic heterocycles. The van der Waals surface area contributed by atoms with E-state index in [1.807, 2.05) is 0 Å². The molecular weight excluding hydrogens is 226 g/mol. The Balaban J connectivity index is 2.32. The first-order valence-electron chi connectivity index (χ1n) is 7.46. The van der Waals surface area contributed by atoms with E-state index >= 15 is 0 Å². The van der Waals surface area contributed by atoms with Crippen LogP contribution in [-0.2, 0) is 9.47 Å². The molecule has 3 nitrogen and oxygen atoms in total. The molecule has 1 unspecified atom stereocenters. The molecule has 1 atom stereocenters. The zero-order chi connectivity index (χ0) is 13.3. The maximum atomic E-state index is 5.73. The molecule has 1 aliphatic rings. The second-order valence-electron chi connectivity index (χ2n) is 6.11. The number of ether oxygens (including phenoxy) is 2. The Bertz CT molecular complexity index is 201. The van der Waals surface area contributed by atoms with Gasteiger partial charge in [0.15, 0.2) is 0 Å². The van der Waals surface area contributed by atoms with Crippen LogP contribution in [-0.4, -0.2) is 40.0 Å². The Labute approximate surface area is 113 Å². The summed E-state index contributed by atoms with van der Waals surface area (Å²) in [6.45, 7) is 9.32. The Morgan fingerprint density at radius 1 is 1.39 bits per heavy atom. The summed E-state index contributed by atoms with van der Waals surface area (Å²) in [5.74, 6) is 0.813. The van der Waals surface area contributed by atoms with Gasteiger partial charge in [0.2, 0.25) is 0 Å².